The summed E-state index contributed by atoms with van der Waals surface area (Å²) in [6.07, 6.45) is -12.8. The minimum absolute atomic E-state index is 3.09. The number of rotatable bonds is 2. The molecule has 0 unspecified atom stereocenters. The molecule has 0 spiro atoms. The van der Waals surface area contributed by atoms with Gasteiger partial charge in [0.15, 0.2) is 6.67 Å². The topological polar surface area (TPSA) is 3.24 Å². The van der Waals surface area contributed by atoms with Crippen molar-refractivity contribution in [1.29, 1.82) is 0 Å². The molecule has 0 aromatic rings. The van der Waals surface area contributed by atoms with Crippen molar-refractivity contribution in [2.24, 2.45) is 0 Å². The number of hydrogen-bond acceptors (Lipinski definition) is 1. The summed E-state index contributed by atoms with van der Waals surface area (Å²) in [5.74, 6) is 0. The number of halogens is 9. The van der Waals surface area contributed by atoms with Gasteiger partial charge < -0.3 is 0 Å². The highest BCUT2D eigenvalue weighted by Gasteiger charge is 2.65. The van der Waals surface area contributed by atoms with Gasteiger partial charge in [0, 0.05) is 0 Å². The summed E-state index contributed by atoms with van der Waals surface area (Å²) in [5, 5.41) is 0. The lowest BCUT2D eigenvalue weighted by Crippen LogP contribution is -2.58. The largest absolute Gasteiger partial charge is 0.471 e. The molecular weight excluding hydrogens is 233 g/mol. The fourth-order valence-electron chi connectivity index (χ4n) is 0.574. The lowest BCUT2D eigenvalue weighted by atomic mass is 10.5. The van der Waals surface area contributed by atoms with E-state index in [-0.39, 0.29) is 0 Å². The fourth-order valence-corrected chi connectivity index (χ4v) is 0.574. The normalized spacial score (nSPS) is 15.0. The Labute approximate surface area is 71.1 Å². The Morgan fingerprint density at radius 1 is 0.714 bits per heavy atom. The molecule has 0 saturated carbocycles. The van der Waals surface area contributed by atoms with E-state index in [1.165, 1.54) is 0 Å². The van der Waals surface area contributed by atoms with E-state index < -0.39 is 30.2 Å². The van der Waals surface area contributed by atoms with Crippen LogP contribution in [-0.4, -0.2) is 30.2 Å². The van der Waals surface area contributed by atoms with Crippen LogP contribution in [0, 0.1) is 0 Å². The molecule has 0 radical (unpaired) electrons. The van der Waals surface area contributed by atoms with E-state index >= 15 is 0 Å². The zero-order valence-corrected chi connectivity index (χ0v) is 6.06. The van der Waals surface area contributed by atoms with Crippen LogP contribution in [0.3, 0.4) is 0 Å². The van der Waals surface area contributed by atoms with Crippen LogP contribution >= 0.6 is 0 Å². The molecule has 14 heavy (non-hydrogen) atoms. The summed E-state index contributed by atoms with van der Waals surface area (Å²) >= 11 is 0. The molecule has 1 nitrogen and oxygen atoms in total. The molecule has 10 heteroatoms. The van der Waals surface area contributed by atoms with Gasteiger partial charge in [0.2, 0.25) is 0 Å². The van der Waals surface area contributed by atoms with Crippen molar-refractivity contribution in [2.45, 2.75) is 18.6 Å². The van der Waals surface area contributed by atoms with Crippen molar-refractivity contribution < 1.29 is 39.5 Å². The third kappa shape index (κ3) is 2.93. The van der Waals surface area contributed by atoms with E-state index in [1.807, 2.05) is 0 Å². The monoisotopic (exact) mass is 235 g/mol. The first kappa shape index (κ1) is 13.3. The van der Waals surface area contributed by atoms with Crippen LogP contribution in [0.15, 0.2) is 0 Å². The first-order chi connectivity index (χ1) is 5.93. The third-order valence-electron chi connectivity index (χ3n) is 0.995. The quantitative estimate of drug-likeness (QED) is 0.525. The maximum atomic E-state index is 11.9. The van der Waals surface area contributed by atoms with Crippen LogP contribution < -0.4 is 0 Å². The van der Waals surface area contributed by atoms with Gasteiger partial charge in [-0.15, -0.1) is 0 Å². The molecule has 0 heterocycles. The minimum atomic E-state index is -6.40. The highest BCUT2D eigenvalue weighted by molar-refractivity contribution is 4.73. The van der Waals surface area contributed by atoms with Crippen molar-refractivity contribution >= 4 is 0 Å². The van der Waals surface area contributed by atoms with Crippen LogP contribution in [0.2, 0.25) is 0 Å². The van der Waals surface area contributed by atoms with Crippen molar-refractivity contribution in [2.75, 3.05) is 6.67 Å². The Hall–Kier alpha value is -0.670. The van der Waals surface area contributed by atoms with E-state index in [0.717, 1.165) is 0 Å². The molecule has 0 aliphatic rings. The Morgan fingerprint density at radius 3 is 1.07 bits per heavy atom. The first-order valence-electron chi connectivity index (χ1n) is 2.80. The van der Waals surface area contributed by atoms with Gasteiger partial charge in [0.25, 0.3) is 0 Å². The van der Waals surface area contributed by atoms with Gasteiger partial charge in [-0.2, -0.15) is 35.1 Å². The molecule has 0 fully saturated rings. The second kappa shape index (κ2) is 3.48. The average molecular weight is 235 g/mol. The molecule has 0 aliphatic carbocycles. The van der Waals surface area contributed by atoms with Crippen molar-refractivity contribution in [3.05, 3.63) is 0 Å². The summed E-state index contributed by atoms with van der Waals surface area (Å²) in [4.78, 5) is -3.09. The van der Waals surface area contributed by atoms with Crippen LogP contribution in [0.4, 0.5) is 39.5 Å². The van der Waals surface area contributed by atoms with E-state index in [4.69, 9.17) is 0 Å². The summed E-state index contributed by atoms with van der Waals surface area (Å²) in [7, 11) is 0. The first-order valence-corrected chi connectivity index (χ1v) is 2.80. The number of nitrogens with zero attached hydrogens (tertiary/aromatic N) is 1. The highest BCUT2D eigenvalue weighted by atomic mass is 19.4. The van der Waals surface area contributed by atoms with E-state index in [2.05, 4.69) is 0 Å². The standard InChI is InChI=1S/C4H2F9N/c5-1-2(6,7)14(3(8,9)10)4(11,12)13/h1H2. The number of hydrogen-bond donors (Lipinski definition) is 0. The zero-order valence-electron chi connectivity index (χ0n) is 6.06. The molecule has 0 bridgehead atoms. The van der Waals surface area contributed by atoms with E-state index in [9.17, 15) is 39.5 Å². The molecule has 0 aromatic carbocycles. The summed E-state index contributed by atoms with van der Waals surface area (Å²) in [6, 6.07) is -5.66. The second-order valence-corrected chi connectivity index (χ2v) is 2.07. The summed E-state index contributed by atoms with van der Waals surface area (Å²) < 4.78 is 104. The zero-order chi connectivity index (χ0) is 11.8. The molecule has 86 valence electrons. The molecule has 0 N–H and O–H groups in total. The van der Waals surface area contributed by atoms with Gasteiger partial charge in [-0.3, -0.25) is 0 Å². The number of alkyl halides is 9. The van der Waals surface area contributed by atoms with Gasteiger partial charge in [0.1, 0.15) is 0 Å². The van der Waals surface area contributed by atoms with Crippen molar-refractivity contribution in [3.8, 4) is 0 Å². The van der Waals surface area contributed by atoms with Gasteiger partial charge in [-0.25, -0.2) is 4.39 Å². The van der Waals surface area contributed by atoms with Crippen LogP contribution in [-0.2, 0) is 0 Å². The average Bonchev–Trinajstić information content (AvgIpc) is 1.79. The maximum absolute atomic E-state index is 11.9. The smallest absolute Gasteiger partial charge is 0.243 e. The Balaban J connectivity index is 5.14. The molecule has 0 rings (SSSR count). The Morgan fingerprint density at radius 2 is 1.00 bits per heavy atom. The van der Waals surface area contributed by atoms with E-state index in [1.54, 1.807) is 0 Å². The molecular formula is C4H2F9N. The van der Waals surface area contributed by atoms with E-state index in [0.29, 0.717) is 0 Å². The summed E-state index contributed by atoms with van der Waals surface area (Å²) in [6.45, 7) is -3.09. The predicted octanol–water partition coefficient (Wildman–Crippen LogP) is 2.89. The van der Waals surface area contributed by atoms with Gasteiger partial charge in [-0.1, -0.05) is 4.90 Å². The van der Waals surface area contributed by atoms with Crippen molar-refractivity contribution in [1.82, 2.24) is 4.90 Å². The fraction of sp³-hybridized carbons (Fsp3) is 1.00. The molecule has 0 amide bonds. The lowest BCUT2D eigenvalue weighted by molar-refractivity contribution is -0.440. The third-order valence-corrected chi connectivity index (χ3v) is 0.995. The highest BCUT2D eigenvalue weighted by Crippen LogP contribution is 2.41. The SMILES string of the molecule is FCC(F)(F)N(C(F)(F)F)C(F)(F)F. The van der Waals surface area contributed by atoms with Gasteiger partial charge >= 0.3 is 18.6 Å². The maximum Gasteiger partial charge on any atom is 0.471 e. The molecule has 0 aliphatic heterocycles. The van der Waals surface area contributed by atoms with Crippen LogP contribution in [0.5, 0.6) is 0 Å². The van der Waals surface area contributed by atoms with Crippen LogP contribution in [0.1, 0.15) is 0 Å². The van der Waals surface area contributed by atoms with Crippen molar-refractivity contribution in [3.63, 3.8) is 0 Å². The summed E-state index contributed by atoms with van der Waals surface area (Å²) in [5.41, 5.74) is 0. The second-order valence-electron chi connectivity index (χ2n) is 2.07. The minimum Gasteiger partial charge on any atom is -0.243 e. The van der Waals surface area contributed by atoms with Crippen LogP contribution in [0.25, 0.3) is 0 Å². The van der Waals surface area contributed by atoms with Gasteiger partial charge in [-0.05, 0) is 0 Å². The molecule has 0 atom stereocenters. The van der Waals surface area contributed by atoms with Gasteiger partial charge in [0.05, 0.1) is 0 Å². The Bertz CT molecular complexity index is 176. The predicted molar refractivity (Wildman–Crippen MR) is 24.9 cm³/mol. The Kier molecular flexibility index (Phi) is 3.31. The molecule has 0 saturated heterocycles. The lowest BCUT2D eigenvalue weighted by Gasteiger charge is -2.31. The molecule has 0 aromatic heterocycles.